The molecule has 23 heavy (non-hydrogen) atoms. The predicted octanol–water partition coefficient (Wildman–Crippen LogP) is 3.86. The number of aliphatic hydroxyl groups is 1. The van der Waals surface area contributed by atoms with Gasteiger partial charge in [-0.3, -0.25) is 4.79 Å². The van der Waals surface area contributed by atoms with Crippen molar-refractivity contribution in [1.29, 1.82) is 0 Å². The Labute approximate surface area is 137 Å². The van der Waals surface area contributed by atoms with Crippen molar-refractivity contribution in [3.63, 3.8) is 0 Å². The number of Topliss-reactive ketones (excluding diaryl/α,β-unsaturated/α-hetero) is 1. The van der Waals surface area contributed by atoms with Crippen LogP contribution < -0.4 is 0 Å². The molecular formula is C20H24O3. The van der Waals surface area contributed by atoms with E-state index in [-0.39, 0.29) is 5.78 Å². The number of ketones is 1. The summed E-state index contributed by atoms with van der Waals surface area (Å²) >= 11 is 0. The first-order valence-electron chi connectivity index (χ1n) is 8.07. The zero-order valence-corrected chi connectivity index (χ0v) is 13.5. The van der Waals surface area contributed by atoms with Gasteiger partial charge in [0.15, 0.2) is 5.78 Å². The number of ether oxygens (including phenoxy) is 1. The van der Waals surface area contributed by atoms with E-state index in [1.54, 1.807) is 19.1 Å². The van der Waals surface area contributed by atoms with Gasteiger partial charge in [-0.05, 0) is 18.4 Å². The molecule has 2 aromatic rings. The van der Waals surface area contributed by atoms with Gasteiger partial charge in [-0.25, -0.2) is 0 Å². The Morgan fingerprint density at radius 2 is 1.65 bits per heavy atom. The summed E-state index contributed by atoms with van der Waals surface area (Å²) in [5.41, 5.74) is 1.79. The van der Waals surface area contributed by atoms with Crippen LogP contribution in [0.1, 0.15) is 35.7 Å². The number of carbonyl (C=O) groups excluding carboxylic acids is 1. The summed E-state index contributed by atoms with van der Waals surface area (Å²) in [4.78, 5) is 12.3. The lowest BCUT2D eigenvalue weighted by molar-refractivity contribution is 0.0604. The Morgan fingerprint density at radius 1 is 1.04 bits per heavy atom. The first-order chi connectivity index (χ1) is 11.2. The number of rotatable bonds is 9. The minimum absolute atomic E-state index is 0.0108. The zero-order valence-electron chi connectivity index (χ0n) is 13.5. The van der Waals surface area contributed by atoms with Crippen molar-refractivity contribution in [1.82, 2.24) is 0 Å². The second-order valence-corrected chi connectivity index (χ2v) is 5.77. The Bertz CT molecular complexity index is 580. The molecule has 0 amide bonds. The largest absolute Gasteiger partial charge is 0.392 e. The van der Waals surface area contributed by atoms with Gasteiger partial charge in [0.1, 0.15) is 0 Å². The summed E-state index contributed by atoms with van der Waals surface area (Å²) in [7, 11) is 0. The first kappa shape index (κ1) is 17.4. The van der Waals surface area contributed by atoms with Crippen molar-refractivity contribution >= 4 is 5.78 Å². The molecule has 1 N–H and O–H groups in total. The van der Waals surface area contributed by atoms with E-state index in [1.807, 2.05) is 48.5 Å². The number of aliphatic hydroxyl groups excluding tert-OH is 1. The van der Waals surface area contributed by atoms with Gasteiger partial charge in [-0.15, -0.1) is 0 Å². The molecule has 0 unspecified atom stereocenters. The molecule has 0 spiro atoms. The summed E-state index contributed by atoms with van der Waals surface area (Å²) < 4.78 is 5.60. The summed E-state index contributed by atoms with van der Waals surface area (Å²) in [6.45, 7) is 2.94. The van der Waals surface area contributed by atoms with Crippen LogP contribution in [0.5, 0.6) is 0 Å². The molecule has 122 valence electrons. The number of carbonyl (C=O) groups is 1. The third kappa shape index (κ3) is 5.62. The second kappa shape index (κ2) is 9.23. The van der Waals surface area contributed by atoms with Gasteiger partial charge in [-0.2, -0.15) is 0 Å². The molecule has 0 aliphatic rings. The highest BCUT2D eigenvalue weighted by molar-refractivity contribution is 5.97. The highest BCUT2D eigenvalue weighted by Crippen LogP contribution is 2.16. The van der Waals surface area contributed by atoms with Gasteiger partial charge in [-0.1, -0.05) is 67.6 Å². The van der Waals surface area contributed by atoms with Crippen LogP contribution in [0.4, 0.5) is 0 Å². The van der Waals surface area contributed by atoms with E-state index in [0.29, 0.717) is 25.2 Å². The second-order valence-electron chi connectivity index (χ2n) is 5.77. The van der Waals surface area contributed by atoms with Crippen molar-refractivity contribution in [2.45, 2.75) is 32.5 Å². The lowest BCUT2D eigenvalue weighted by Gasteiger charge is -2.17. The smallest absolute Gasteiger partial charge is 0.168 e. The highest BCUT2D eigenvalue weighted by Gasteiger charge is 2.22. The van der Waals surface area contributed by atoms with E-state index < -0.39 is 12.0 Å². The molecule has 0 aliphatic carbocycles. The Balaban J connectivity index is 1.68. The van der Waals surface area contributed by atoms with E-state index in [2.05, 4.69) is 0 Å². The molecule has 0 saturated heterocycles. The number of hydrogen-bond acceptors (Lipinski definition) is 3. The maximum Gasteiger partial charge on any atom is 0.168 e. The minimum atomic E-state index is -0.636. The molecule has 0 radical (unpaired) electrons. The Hall–Kier alpha value is -1.97. The van der Waals surface area contributed by atoms with E-state index in [4.69, 9.17) is 4.74 Å². The highest BCUT2D eigenvalue weighted by atomic mass is 16.5. The van der Waals surface area contributed by atoms with Crippen LogP contribution in [0.3, 0.4) is 0 Å². The lowest BCUT2D eigenvalue weighted by atomic mass is 9.92. The normalized spacial score (nSPS) is 13.5. The average molecular weight is 312 g/mol. The van der Waals surface area contributed by atoms with Gasteiger partial charge in [0, 0.05) is 18.1 Å². The topological polar surface area (TPSA) is 46.5 Å². The maximum absolute atomic E-state index is 12.3. The fourth-order valence-electron chi connectivity index (χ4n) is 2.45. The van der Waals surface area contributed by atoms with E-state index in [1.165, 1.54) is 0 Å². The van der Waals surface area contributed by atoms with Crippen molar-refractivity contribution in [2.75, 3.05) is 6.61 Å². The average Bonchev–Trinajstić information content (AvgIpc) is 2.61. The van der Waals surface area contributed by atoms with Gasteiger partial charge >= 0.3 is 0 Å². The molecule has 0 aromatic heterocycles. The van der Waals surface area contributed by atoms with E-state index in [0.717, 1.165) is 12.0 Å². The van der Waals surface area contributed by atoms with Crippen LogP contribution in [-0.4, -0.2) is 23.6 Å². The lowest BCUT2D eigenvalue weighted by Crippen LogP contribution is -2.26. The summed E-state index contributed by atoms with van der Waals surface area (Å²) in [6, 6.07) is 19.1. The molecule has 2 atom stereocenters. The first-order valence-corrected chi connectivity index (χ1v) is 8.07. The van der Waals surface area contributed by atoms with Gasteiger partial charge in [0.25, 0.3) is 0 Å². The van der Waals surface area contributed by atoms with Crippen molar-refractivity contribution in [3.05, 3.63) is 71.8 Å². The Morgan fingerprint density at radius 3 is 2.30 bits per heavy atom. The van der Waals surface area contributed by atoms with Crippen LogP contribution in [0.2, 0.25) is 0 Å². The van der Waals surface area contributed by atoms with E-state index in [9.17, 15) is 9.90 Å². The standard InChI is InChI=1S/C20H24O3/c1-16(20(22)18-11-6-3-7-12-18)19(21)13-8-14-23-15-17-9-4-2-5-10-17/h2-7,9-12,16,19,21H,8,13-15H2,1H3/t16-,19-/m1/s1. The van der Waals surface area contributed by atoms with Crippen LogP contribution >= 0.6 is 0 Å². The summed E-state index contributed by atoms with van der Waals surface area (Å²) in [6.07, 6.45) is 0.664. The fourth-order valence-corrected chi connectivity index (χ4v) is 2.45. The molecule has 3 heteroatoms. The quantitative estimate of drug-likeness (QED) is 0.565. The third-order valence-corrected chi connectivity index (χ3v) is 3.95. The van der Waals surface area contributed by atoms with Crippen molar-refractivity contribution < 1.29 is 14.6 Å². The molecular weight excluding hydrogens is 288 g/mol. The molecule has 2 aromatic carbocycles. The molecule has 0 heterocycles. The Kier molecular flexibility index (Phi) is 6.98. The molecule has 3 nitrogen and oxygen atoms in total. The van der Waals surface area contributed by atoms with Crippen molar-refractivity contribution in [3.8, 4) is 0 Å². The fraction of sp³-hybridized carbons (Fsp3) is 0.350. The van der Waals surface area contributed by atoms with Crippen LogP contribution in [0.25, 0.3) is 0 Å². The molecule has 0 fully saturated rings. The van der Waals surface area contributed by atoms with Crippen LogP contribution in [0.15, 0.2) is 60.7 Å². The zero-order chi connectivity index (χ0) is 16.5. The maximum atomic E-state index is 12.3. The predicted molar refractivity (Wildman–Crippen MR) is 91.3 cm³/mol. The number of benzene rings is 2. The number of hydrogen-bond donors (Lipinski definition) is 1. The van der Waals surface area contributed by atoms with Crippen LogP contribution in [0, 0.1) is 5.92 Å². The summed E-state index contributed by atoms with van der Waals surface area (Å²) in [5, 5.41) is 10.2. The minimum Gasteiger partial charge on any atom is -0.392 e. The molecule has 0 bridgehead atoms. The van der Waals surface area contributed by atoms with Gasteiger partial charge in [0.2, 0.25) is 0 Å². The monoisotopic (exact) mass is 312 g/mol. The van der Waals surface area contributed by atoms with Gasteiger partial charge in [0.05, 0.1) is 12.7 Å². The van der Waals surface area contributed by atoms with E-state index >= 15 is 0 Å². The van der Waals surface area contributed by atoms with Gasteiger partial charge < -0.3 is 9.84 Å². The summed E-state index contributed by atoms with van der Waals surface area (Å²) in [5.74, 6) is -0.408. The molecule has 0 aliphatic heterocycles. The van der Waals surface area contributed by atoms with Crippen LogP contribution in [-0.2, 0) is 11.3 Å². The van der Waals surface area contributed by atoms with Crippen molar-refractivity contribution in [2.24, 2.45) is 5.92 Å². The third-order valence-electron chi connectivity index (χ3n) is 3.95. The SMILES string of the molecule is C[C@@H](C(=O)c1ccccc1)[C@H](O)CCCOCc1ccccc1. The molecule has 2 rings (SSSR count). The molecule has 0 saturated carbocycles.